The number of amides is 1. The zero-order valence-electron chi connectivity index (χ0n) is 13.1. The van der Waals surface area contributed by atoms with Crippen molar-refractivity contribution in [3.63, 3.8) is 0 Å². The van der Waals surface area contributed by atoms with E-state index in [4.69, 9.17) is 4.42 Å². The van der Waals surface area contributed by atoms with E-state index in [1.807, 2.05) is 30.3 Å². The molecule has 1 amide bonds. The molecular weight excluding hydrogens is 319 g/mol. The van der Waals surface area contributed by atoms with Crippen LogP contribution in [0.3, 0.4) is 0 Å². The van der Waals surface area contributed by atoms with E-state index in [-0.39, 0.29) is 5.56 Å². The van der Waals surface area contributed by atoms with Crippen molar-refractivity contribution in [1.29, 1.82) is 0 Å². The monoisotopic (exact) mass is 332 g/mol. The molecule has 0 aliphatic carbocycles. The van der Waals surface area contributed by atoms with Crippen LogP contribution < -0.4 is 5.32 Å². The minimum Gasteiger partial charge on any atom is -0.436 e. The fourth-order valence-corrected chi connectivity index (χ4v) is 2.57. The van der Waals surface area contributed by atoms with Crippen molar-refractivity contribution in [3.8, 4) is 11.5 Å². The Labute approximate surface area is 142 Å². The summed E-state index contributed by atoms with van der Waals surface area (Å²) in [6.45, 7) is 0. The Morgan fingerprint density at radius 2 is 1.76 bits per heavy atom. The second-order valence-electron chi connectivity index (χ2n) is 5.50. The van der Waals surface area contributed by atoms with Crippen molar-refractivity contribution >= 4 is 22.7 Å². The van der Waals surface area contributed by atoms with E-state index in [0.717, 1.165) is 11.1 Å². The van der Waals surface area contributed by atoms with Crippen molar-refractivity contribution in [2.45, 2.75) is 0 Å². The summed E-state index contributed by atoms with van der Waals surface area (Å²) in [4.78, 5) is 16.7. The molecular formula is C20H13FN2O2. The Balaban J connectivity index is 1.63. The summed E-state index contributed by atoms with van der Waals surface area (Å²) >= 11 is 0. The Morgan fingerprint density at radius 1 is 0.960 bits per heavy atom. The molecule has 0 saturated carbocycles. The lowest BCUT2D eigenvalue weighted by molar-refractivity contribution is 0.102. The van der Waals surface area contributed by atoms with Gasteiger partial charge in [-0.2, -0.15) is 0 Å². The number of fused-ring (bicyclic) bond motifs is 1. The maximum atomic E-state index is 13.7. The maximum Gasteiger partial charge on any atom is 0.258 e. The van der Waals surface area contributed by atoms with Crippen LogP contribution in [0.4, 0.5) is 10.1 Å². The van der Waals surface area contributed by atoms with Crippen LogP contribution in [0.5, 0.6) is 0 Å². The van der Waals surface area contributed by atoms with E-state index in [1.165, 1.54) is 12.1 Å². The first kappa shape index (κ1) is 15.1. The molecule has 0 saturated heterocycles. The molecule has 25 heavy (non-hydrogen) atoms. The molecule has 4 nitrogen and oxygen atoms in total. The predicted molar refractivity (Wildman–Crippen MR) is 93.8 cm³/mol. The normalized spacial score (nSPS) is 10.8. The number of halogens is 1. The molecule has 0 fully saturated rings. The smallest absolute Gasteiger partial charge is 0.258 e. The first-order valence-electron chi connectivity index (χ1n) is 7.72. The molecule has 0 aliphatic heterocycles. The summed E-state index contributed by atoms with van der Waals surface area (Å²) in [6.07, 6.45) is 0. The van der Waals surface area contributed by atoms with E-state index in [1.54, 1.807) is 30.3 Å². The van der Waals surface area contributed by atoms with Gasteiger partial charge in [0.2, 0.25) is 5.89 Å². The van der Waals surface area contributed by atoms with Crippen LogP contribution in [-0.2, 0) is 0 Å². The van der Waals surface area contributed by atoms with Crippen LogP contribution in [0, 0.1) is 5.82 Å². The van der Waals surface area contributed by atoms with Gasteiger partial charge in [0.25, 0.3) is 5.91 Å². The van der Waals surface area contributed by atoms with Gasteiger partial charge in [-0.3, -0.25) is 4.79 Å². The SMILES string of the molecule is O=C(Nc1cccc(-c2nc3ccccc3o2)c1)c1ccccc1F. The molecule has 1 heterocycles. The molecule has 4 rings (SSSR count). The zero-order valence-corrected chi connectivity index (χ0v) is 13.1. The number of nitrogens with zero attached hydrogens (tertiary/aromatic N) is 1. The van der Waals surface area contributed by atoms with Crippen LogP contribution in [0.2, 0.25) is 0 Å². The molecule has 0 aliphatic rings. The Morgan fingerprint density at radius 3 is 2.60 bits per heavy atom. The van der Waals surface area contributed by atoms with Gasteiger partial charge in [0.05, 0.1) is 5.56 Å². The molecule has 5 heteroatoms. The van der Waals surface area contributed by atoms with Crippen LogP contribution in [0.15, 0.2) is 77.2 Å². The number of anilines is 1. The molecule has 0 unspecified atom stereocenters. The number of benzene rings is 3. The second-order valence-corrected chi connectivity index (χ2v) is 5.50. The fourth-order valence-electron chi connectivity index (χ4n) is 2.57. The lowest BCUT2D eigenvalue weighted by Crippen LogP contribution is -2.13. The lowest BCUT2D eigenvalue weighted by atomic mass is 10.1. The first-order valence-corrected chi connectivity index (χ1v) is 7.72. The van der Waals surface area contributed by atoms with Crippen LogP contribution in [-0.4, -0.2) is 10.9 Å². The van der Waals surface area contributed by atoms with Gasteiger partial charge in [-0.25, -0.2) is 9.37 Å². The van der Waals surface area contributed by atoms with Gasteiger partial charge in [0, 0.05) is 11.3 Å². The third kappa shape index (κ3) is 2.99. The summed E-state index contributed by atoms with van der Waals surface area (Å²) < 4.78 is 19.5. The molecule has 3 aromatic carbocycles. The average molecular weight is 332 g/mol. The van der Waals surface area contributed by atoms with Gasteiger partial charge >= 0.3 is 0 Å². The average Bonchev–Trinajstić information content (AvgIpc) is 3.06. The quantitative estimate of drug-likeness (QED) is 0.581. The summed E-state index contributed by atoms with van der Waals surface area (Å²) in [5.74, 6) is -0.605. The Kier molecular flexibility index (Phi) is 3.74. The minimum absolute atomic E-state index is 0.00485. The number of nitrogens with one attached hydrogen (secondary N) is 1. The topological polar surface area (TPSA) is 55.1 Å². The van der Waals surface area contributed by atoms with Gasteiger partial charge in [0.1, 0.15) is 11.3 Å². The number of carbonyl (C=O) groups is 1. The number of hydrogen-bond donors (Lipinski definition) is 1. The third-order valence-corrected chi connectivity index (χ3v) is 3.78. The maximum absolute atomic E-state index is 13.7. The van der Waals surface area contributed by atoms with Crippen LogP contribution in [0.1, 0.15) is 10.4 Å². The molecule has 0 radical (unpaired) electrons. The zero-order chi connectivity index (χ0) is 17.2. The third-order valence-electron chi connectivity index (χ3n) is 3.78. The second kappa shape index (κ2) is 6.20. The minimum atomic E-state index is -0.560. The molecule has 1 aromatic heterocycles. The first-order chi connectivity index (χ1) is 12.2. The van der Waals surface area contributed by atoms with E-state index < -0.39 is 11.7 Å². The van der Waals surface area contributed by atoms with Crippen molar-refractivity contribution < 1.29 is 13.6 Å². The van der Waals surface area contributed by atoms with Gasteiger partial charge in [-0.1, -0.05) is 30.3 Å². The number of oxazole rings is 1. The molecule has 122 valence electrons. The van der Waals surface area contributed by atoms with Gasteiger partial charge in [-0.05, 0) is 42.5 Å². The number of para-hydroxylation sites is 2. The Bertz CT molecular complexity index is 1040. The van der Waals surface area contributed by atoms with E-state index in [2.05, 4.69) is 10.3 Å². The summed E-state index contributed by atoms with van der Waals surface area (Å²) in [7, 11) is 0. The van der Waals surface area contributed by atoms with Crippen molar-refractivity contribution in [2.24, 2.45) is 0 Å². The number of hydrogen-bond acceptors (Lipinski definition) is 3. The van der Waals surface area contributed by atoms with Crippen molar-refractivity contribution in [1.82, 2.24) is 4.98 Å². The highest BCUT2D eigenvalue weighted by atomic mass is 19.1. The molecule has 1 N–H and O–H groups in total. The van der Waals surface area contributed by atoms with E-state index in [9.17, 15) is 9.18 Å². The highest BCUT2D eigenvalue weighted by Gasteiger charge is 2.12. The summed E-state index contributed by atoms with van der Waals surface area (Å²) in [6, 6.07) is 20.4. The number of aromatic nitrogens is 1. The van der Waals surface area contributed by atoms with Crippen molar-refractivity contribution in [3.05, 3.63) is 84.2 Å². The van der Waals surface area contributed by atoms with Gasteiger partial charge in [-0.15, -0.1) is 0 Å². The number of rotatable bonds is 3. The molecule has 4 aromatic rings. The number of carbonyl (C=O) groups excluding carboxylic acids is 1. The highest BCUT2D eigenvalue weighted by molar-refractivity contribution is 6.04. The summed E-state index contributed by atoms with van der Waals surface area (Å²) in [5.41, 5.74) is 2.71. The van der Waals surface area contributed by atoms with Crippen molar-refractivity contribution in [2.75, 3.05) is 5.32 Å². The van der Waals surface area contributed by atoms with E-state index in [0.29, 0.717) is 17.2 Å². The standard InChI is InChI=1S/C20H13FN2O2/c21-16-9-2-1-8-15(16)19(24)22-14-7-5-6-13(12-14)20-23-17-10-3-4-11-18(17)25-20/h1-12H,(H,22,24). The van der Waals surface area contributed by atoms with Gasteiger partial charge in [0.15, 0.2) is 5.58 Å². The lowest BCUT2D eigenvalue weighted by Gasteiger charge is -2.07. The predicted octanol–water partition coefficient (Wildman–Crippen LogP) is 4.89. The highest BCUT2D eigenvalue weighted by Crippen LogP contribution is 2.26. The summed E-state index contributed by atoms with van der Waals surface area (Å²) in [5, 5.41) is 2.69. The van der Waals surface area contributed by atoms with Crippen LogP contribution >= 0.6 is 0 Å². The van der Waals surface area contributed by atoms with Crippen LogP contribution in [0.25, 0.3) is 22.6 Å². The largest absolute Gasteiger partial charge is 0.436 e. The molecule has 0 atom stereocenters. The fraction of sp³-hybridized carbons (Fsp3) is 0. The Hall–Kier alpha value is -3.47. The van der Waals surface area contributed by atoms with Gasteiger partial charge < -0.3 is 9.73 Å². The molecule has 0 bridgehead atoms. The molecule has 0 spiro atoms. The van der Waals surface area contributed by atoms with E-state index >= 15 is 0 Å².